The van der Waals surface area contributed by atoms with Crippen LogP contribution in [0.3, 0.4) is 0 Å². The van der Waals surface area contributed by atoms with Crippen LogP contribution in [0.4, 0.5) is 4.39 Å². The molecule has 7 heteroatoms. The molecule has 0 N–H and O–H groups in total. The minimum Gasteiger partial charge on any atom is -0.295 e. The van der Waals surface area contributed by atoms with Crippen LogP contribution >= 0.6 is 38.9 Å². The van der Waals surface area contributed by atoms with Crippen LogP contribution in [0.2, 0.25) is 5.02 Å². The molecule has 2 aromatic heterocycles. The molecule has 0 aliphatic heterocycles. The summed E-state index contributed by atoms with van der Waals surface area (Å²) in [5, 5.41) is 0.515. The van der Waals surface area contributed by atoms with Crippen LogP contribution in [-0.2, 0) is 0 Å². The summed E-state index contributed by atoms with van der Waals surface area (Å²) < 4.78 is 18.0. The molecule has 0 saturated heterocycles. The molecule has 0 saturated carbocycles. The third-order valence-corrected chi connectivity index (χ3v) is 4.82. The first-order valence-electron chi connectivity index (χ1n) is 5.99. The molecule has 2 aromatic carbocycles. The van der Waals surface area contributed by atoms with E-state index in [0.717, 1.165) is 9.17 Å². The number of rotatable bonds is 1. The molecule has 0 radical (unpaired) electrons. The van der Waals surface area contributed by atoms with Crippen molar-refractivity contribution < 1.29 is 4.39 Å². The Kier molecular flexibility index (Phi) is 2.99. The van der Waals surface area contributed by atoms with E-state index < -0.39 is 0 Å². The monoisotopic (exact) mass is 381 g/mol. The average molecular weight is 383 g/mol. The van der Waals surface area contributed by atoms with Gasteiger partial charge in [0.1, 0.15) is 17.4 Å². The maximum atomic E-state index is 14.7. The molecular formula is C14H6BrClFN3S. The van der Waals surface area contributed by atoms with Crippen LogP contribution in [0.25, 0.3) is 26.9 Å². The van der Waals surface area contributed by atoms with Gasteiger partial charge in [-0.3, -0.25) is 4.57 Å². The first kappa shape index (κ1) is 13.2. The highest BCUT2D eigenvalue weighted by Gasteiger charge is 2.16. The van der Waals surface area contributed by atoms with Crippen LogP contribution in [0.5, 0.6) is 0 Å². The van der Waals surface area contributed by atoms with Crippen molar-refractivity contribution >= 4 is 60.1 Å². The van der Waals surface area contributed by atoms with E-state index >= 15 is 0 Å². The van der Waals surface area contributed by atoms with E-state index in [2.05, 4.69) is 25.9 Å². The lowest BCUT2D eigenvalue weighted by atomic mass is 10.2. The zero-order valence-electron chi connectivity index (χ0n) is 10.3. The largest absolute Gasteiger partial charge is 0.295 e. The number of halogens is 3. The Balaban J connectivity index is 2.09. The van der Waals surface area contributed by atoms with Gasteiger partial charge >= 0.3 is 0 Å². The standard InChI is InChI=1S/C14H6BrClFN3S/c15-7-1-2-10(8(16)3-7)20-5-18-9-4-11-13(19-6-21-11)12(17)14(9)20/h1-6H. The molecule has 2 heterocycles. The zero-order valence-corrected chi connectivity index (χ0v) is 13.5. The first-order valence-corrected chi connectivity index (χ1v) is 8.04. The Morgan fingerprint density at radius 3 is 2.90 bits per heavy atom. The normalized spacial score (nSPS) is 11.6. The van der Waals surface area contributed by atoms with Crippen molar-refractivity contribution in [2.24, 2.45) is 0 Å². The smallest absolute Gasteiger partial charge is 0.176 e. The maximum absolute atomic E-state index is 14.7. The summed E-state index contributed by atoms with van der Waals surface area (Å²) in [4.78, 5) is 8.36. The lowest BCUT2D eigenvalue weighted by Gasteiger charge is -2.08. The van der Waals surface area contributed by atoms with Crippen molar-refractivity contribution in [3.8, 4) is 5.69 Å². The Hall–Kier alpha value is -1.50. The molecule has 0 aliphatic carbocycles. The molecule has 0 atom stereocenters. The molecule has 0 spiro atoms. The Morgan fingerprint density at radius 2 is 2.10 bits per heavy atom. The van der Waals surface area contributed by atoms with Crippen molar-refractivity contribution in [3.63, 3.8) is 0 Å². The first-order chi connectivity index (χ1) is 10.1. The molecule has 0 amide bonds. The van der Waals surface area contributed by atoms with E-state index in [-0.39, 0.29) is 5.82 Å². The van der Waals surface area contributed by atoms with Crippen molar-refractivity contribution in [2.75, 3.05) is 0 Å². The van der Waals surface area contributed by atoms with Crippen molar-refractivity contribution in [3.05, 3.63) is 51.4 Å². The molecule has 0 unspecified atom stereocenters. The van der Waals surface area contributed by atoms with E-state index in [1.165, 1.54) is 11.3 Å². The number of nitrogens with zero attached hydrogens (tertiary/aromatic N) is 3. The molecule has 21 heavy (non-hydrogen) atoms. The van der Waals surface area contributed by atoms with Gasteiger partial charge in [-0.25, -0.2) is 14.4 Å². The Bertz CT molecular complexity index is 995. The summed E-state index contributed by atoms with van der Waals surface area (Å²) in [6, 6.07) is 7.28. The topological polar surface area (TPSA) is 30.7 Å². The van der Waals surface area contributed by atoms with Crippen molar-refractivity contribution in [1.82, 2.24) is 14.5 Å². The summed E-state index contributed by atoms with van der Waals surface area (Å²) in [5.41, 5.74) is 3.64. The lowest BCUT2D eigenvalue weighted by Crippen LogP contribution is -1.95. The molecular weight excluding hydrogens is 377 g/mol. The third kappa shape index (κ3) is 1.97. The fraction of sp³-hybridized carbons (Fsp3) is 0. The number of hydrogen-bond donors (Lipinski definition) is 0. The molecule has 104 valence electrons. The molecule has 3 nitrogen and oxygen atoms in total. The molecule has 0 fully saturated rings. The summed E-state index contributed by atoms with van der Waals surface area (Å²) in [6.45, 7) is 0. The highest BCUT2D eigenvalue weighted by molar-refractivity contribution is 9.10. The second kappa shape index (κ2) is 4.76. The Labute approximate surface area is 136 Å². The van der Waals surface area contributed by atoms with Crippen LogP contribution < -0.4 is 0 Å². The summed E-state index contributed by atoms with van der Waals surface area (Å²) in [7, 11) is 0. The highest BCUT2D eigenvalue weighted by Crippen LogP contribution is 2.32. The fourth-order valence-electron chi connectivity index (χ4n) is 2.30. The van der Waals surface area contributed by atoms with Crippen LogP contribution in [-0.4, -0.2) is 14.5 Å². The molecule has 4 aromatic rings. The SMILES string of the molecule is Fc1c2ncsc2cc2ncn(-c3ccc(Br)cc3Cl)c12. The fourth-order valence-corrected chi connectivity index (χ4v) is 3.77. The molecule has 0 aliphatic rings. The van der Waals surface area contributed by atoms with Gasteiger partial charge in [0.2, 0.25) is 0 Å². The minimum absolute atomic E-state index is 0.363. The van der Waals surface area contributed by atoms with Crippen molar-refractivity contribution in [1.29, 1.82) is 0 Å². The van der Waals surface area contributed by atoms with E-state index in [4.69, 9.17) is 11.6 Å². The predicted molar refractivity (Wildman–Crippen MR) is 86.9 cm³/mol. The zero-order chi connectivity index (χ0) is 14.6. The number of fused-ring (bicyclic) bond motifs is 2. The van der Waals surface area contributed by atoms with Gasteiger partial charge < -0.3 is 0 Å². The van der Waals surface area contributed by atoms with Gasteiger partial charge in [0.25, 0.3) is 0 Å². The lowest BCUT2D eigenvalue weighted by molar-refractivity contribution is 0.644. The van der Waals surface area contributed by atoms with E-state index in [9.17, 15) is 4.39 Å². The van der Waals surface area contributed by atoms with Gasteiger partial charge in [-0.2, -0.15) is 0 Å². The van der Waals surface area contributed by atoms with Crippen LogP contribution in [0, 0.1) is 5.82 Å². The van der Waals surface area contributed by atoms with Crippen LogP contribution in [0.15, 0.2) is 40.6 Å². The second-order valence-electron chi connectivity index (χ2n) is 4.47. The molecule has 0 bridgehead atoms. The van der Waals surface area contributed by atoms with Gasteiger partial charge in [0.05, 0.1) is 26.4 Å². The van der Waals surface area contributed by atoms with Gasteiger partial charge in [0.15, 0.2) is 5.82 Å². The molecule has 4 rings (SSSR count). The summed E-state index contributed by atoms with van der Waals surface area (Å²) in [5.74, 6) is -0.375. The second-order valence-corrected chi connectivity index (χ2v) is 6.68. The minimum atomic E-state index is -0.375. The Morgan fingerprint density at radius 1 is 1.24 bits per heavy atom. The average Bonchev–Trinajstić information content (AvgIpc) is 3.06. The van der Waals surface area contributed by atoms with Crippen molar-refractivity contribution in [2.45, 2.75) is 0 Å². The predicted octanol–water partition coefficient (Wildman–Crippen LogP) is 5.19. The van der Waals surface area contributed by atoms with Gasteiger partial charge in [-0.15, -0.1) is 11.3 Å². The van der Waals surface area contributed by atoms with Gasteiger partial charge in [0, 0.05) is 4.47 Å². The summed E-state index contributed by atoms with van der Waals surface area (Å²) in [6.07, 6.45) is 1.58. The maximum Gasteiger partial charge on any atom is 0.176 e. The number of benzene rings is 2. The van der Waals surface area contributed by atoms with Crippen LogP contribution in [0.1, 0.15) is 0 Å². The highest BCUT2D eigenvalue weighted by atomic mass is 79.9. The van der Waals surface area contributed by atoms with E-state index in [1.807, 2.05) is 18.2 Å². The number of aromatic nitrogens is 3. The van der Waals surface area contributed by atoms with Gasteiger partial charge in [-0.05, 0) is 24.3 Å². The van der Waals surface area contributed by atoms with E-state index in [1.54, 1.807) is 22.5 Å². The summed E-state index contributed by atoms with van der Waals surface area (Å²) >= 11 is 11.0. The quantitative estimate of drug-likeness (QED) is 0.453. The number of hydrogen-bond acceptors (Lipinski definition) is 3. The van der Waals surface area contributed by atoms with E-state index in [0.29, 0.717) is 27.3 Å². The number of thiazole rings is 1. The third-order valence-electron chi connectivity index (χ3n) is 3.24. The number of imidazole rings is 1. The van der Waals surface area contributed by atoms with Gasteiger partial charge in [-0.1, -0.05) is 27.5 Å².